The van der Waals surface area contributed by atoms with Crippen molar-refractivity contribution in [2.75, 3.05) is 10.8 Å². The predicted molar refractivity (Wildman–Crippen MR) is 79.6 cm³/mol. The molecular weight excluding hydrogens is 309 g/mol. The quantitative estimate of drug-likeness (QED) is 0.886. The van der Waals surface area contributed by atoms with Crippen molar-refractivity contribution in [2.24, 2.45) is 0 Å². The lowest BCUT2D eigenvalue weighted by Crippen LogP contribution is -2.33. The summed E-state index contributed by atoms with van der Waals surface area (Å²) >= 11 is 0. The van der Waals surface area contributed by atoms with E-state index in [1.807, 2.05) is 0 Å². The highest BCUT2D eigenvalue weighted by Gasteiger charge is 2.27. The zero-order chi connectivity index (χ0) is 16.2. The van der Waals surface area contributed by atoms with E-state index in [4.69, 9.17) is 5.11 Å². The molecule has 0 saturated carbocycles. The highest BCUT2D eigenvalue weighted by Crippen LogP contribution is 2.26. The molecule has 116 valence electrons. The Hall–Kier alpha value is -2.41. The fraction of sp³-hybridized carbons (Fsp3) is 0.133. The molecule has 0 aliphatic heterocycles. The first-order chi connectivity index (χ1) is 10.4. The number of halogens is 1. The van der Waals surface area contributed by atoms with Crippen LogP contribution in [0.3, 0.4) is 0 Å². The summed E-state index contributed by atoms with van der Waals surface area (Å²) in [7, 11) is -4.04. The normalized spacial score (nSPS) is 11.1. The molecule has 7 heteroatoms. The average molecular weight is 323 g/mol. The van der Waals surface area contributed by atoms with E-state index >= 15 is 0 Å². The summed E-state index contributed by atoms with van der Waals surface area (Å²) in [5.74, 6) is -1.89. The van der Waals surface area contributed by atoms with Crippen LogP contribution in [0.4, 0.5) is 10.1 Å². The smallest absolute Gasteiger partial charge is 0.305 e. The summed E-state index contributed by atoms with van der Waals surface area (Å²) in [6.07, 6.45) is -0.430. The van der Waals surface area contributed by atoms with Gasteiger partial charge < -0.3 is 5.11 Å². The molecule has 0 aromatic heterocycles. The fourth-order valence-electron chi connectivity index (χ4n) is 1.94. The Balaban J connectivity index is 2.49. The van der Waals surface area contributed by atoms with E-state index in [0.29, 0.717) is 0 Å². The van der Waals surface area contributed by atoms with Crippen LogP contribution in [-0.4, -0.2) is 26.0 Å². The van der Waals surface area contributed by atoms with Gasteiger partial charge in [0.15, 0.2) is 0 Å². The van der Waals surface area contributed by atoms with E-state index < -0.39 is 28.2 Å². The maximum Gasteiger partial charge on any atom is 0.305 e. The van der Waals surface area contributed by atoms with Crippen molar-refractivity contribution in [1.29, 1.82) is 0 Å². The highest BCUT2D eigenvalue weighted by molar-refractivity contribution is 7.92. The Morgan fingerprint density at radius 1 is 1.05 bits per heavy atom. The lowest BCUT2D eigenvalue weighted by molar-refractivity contribution is -0.136. The first kappa shape index (κ1) is 16.0. The van der Waals surface area contributed by atoms with Crippen molar-refractivity contribution < 1.29 is 22.7 Å². The number of anilines is 1. The maximum atomic E-state index is 14.0. The van der Waals surface area contributed by atoms with Crippen LogP contribution >= 0.6 is 0 Å². The summed E-state index contributed by atoms with van der Waals surface area (Å²) in [6.45, 7) is -0.354. The zero-order valence-corrected chi connectivity index (χ0v) is 12.3. The molecular formula is C15H14FNO4S. The van der Waals surface area contributed by atoms with Gasteiger partial charge in [0.2, 0.25) is 0 Å². The zero-order valence-electron chi connectivity index (χ0n) is 11.5. The van der Waals surface area contributed by atoms with Crippen molar-refractivity contribution >= 4 is 21.7 Å². The van der Waals surface area contributed by atoms with E-state index in [2.05, 4.69) is 0 Å². The van der Waals surface area contributed by atoms with Gasteiger partial charge in [0.05, 0.1) is 17.0 Å². The molecule has 0 spiro atoms. The number of rotatable bonds is 6. The Bertz CT molecular complexity index is 762. The van der Waals surface area contributed by atoms with Crippen LogP contribution in [0.1, 0.15) is 6.42 Å². The van der Waals surface area contributed by atoms with Crippen molar-refractivity contribution in [3.8, 4) is 0 Å². The molecule has 0 amide bonds. The standard InChI is InChI=1S/C15H14FNO4S/c16-13-8-4-5-9-14(13)17(11-10-15(18)19)22(20,21)12-6-2-1-3-7-12/h1-9H,10-11H2,(H,18,19). The Morgan fingerprint density at radius 3 is 2.23 bits per heavy atom. The summed E-state index contributed by atoms with van der Waals surface area (Å²) in [5.41, 5.74) is -0.174. The van der Waals surface area contributed by atoms with Crippen LogP contribution in [0.5, 0.6) is 0 Å². The molecule has 0 unspecified atom stereocenters. The monoisotopic (exact) mass is 323 g/mol. The molecule has 0 bridgehead atoms. The fourth-order valence-corrected chi connectivity index (χ4v) is 3.44. The molecule has 0 aliphatic carbocycles. The Morgan fingerprint density at radius 2 is 1.64 bits per heavy atom. The molecule has 0 heterocycles. The molecule has 0 fully saturated rings. The van der Waals surface area contributed by atoms with Gasteiger partial charge in [-0.05, 0) is 24.3 Å². The molecule has 0 saturated heterocycles. The third-order valence-corrected chi connectivity index (χ3v) is 4.81. The number of sulfonamides is 1. The molecule has 2 rings (SSSR count). The van der Waals surface area contributed by atoms with Gasteiger partial charge >= 0.3 is 5.97 Å². The number of carboxylic acid groups (broad SMARTS) is 1. The van der Waals surface area contributed by atoms with Crippen LogP contribution < -0.4 is 4.31 Å². The van der Waals surface area contributed by atoms with Gasteiger partial charge in [0, 0.05) is 6.54 Å². The molecule has 2 aromatic rings. The van der Waals surface area contributed by atoms with Gasteiger partial charge in [-0.3, -0.25) is 9.10 Å². The number of nitrogens with zero attached hydrogens (tertiary/aromatic N) is 1. The van der Waals surface area contributed by atoms with E-state index in [1.165, 1.54) is 30.3 Å². The summed E-state index contributed by atoms with van der Waals surface area (Å²) in [6, 6.07) is 12.9. The van der Waals surface area contributed by atoms with Crippen LogP contribution in [0.15, 0.2) is 59.5 Å². The van der Waals surface area contributed by atoms with Crippen molar-refractivity contribution in [2.45, 2.75) is 11.3 Å². The molecule has 0 radical (unpaired) electrons. The number of carboxylic acids is 1. The number of carbonyl (C=O) groups is 1. The average Bonchev–Trinajstić information content (AvgIpc) is 2.49. The van der Waals surface area contributed by atoms with E-state index in [9.17, 15) is 17.6 Å². The van der Waals surface area contributed by atoms with Gasteiger partial charge in [0.25, 0.3) is 10.0 Å². The molecule has 5 nitrogen and oxygen atoms in total. The predicted octanol–water partition coefficient (Wildman–Crippen LogP) is 2.50. The number of para-hydroxylation sites is 1. The Labute approximate surface area is 127 Å². The SMILES string of the molecule is O=C(O)CCN(c1ccccc1F)S(=O)(=O)c1ccccc1. The molecule has 1 N–H and O–H groups in total. The lowest BCUT2D eigenvalue weighted by atomic mass is 10.3. The van der Waals surface area contributed by atoms with E-state index in [0.717, 1.165) is 10.4 Å². The number of hydrogen-bond donors (Lipinski definition) is 1. The second-order valence-electron chi connectivity index (χ2n) is 4.49. The Kier molecular flexibility index (Phi) is 4.77. The van der Waals surface area contributed by atoms with Crippen LogP contribution in [0.2, 0.25) is 0 Å². The van der Waals surface area contributed by atoms with E-state index in [-0.39, 0.29) is 17.1 Å². The number of hydrogen-bond acceptors (Lipinski definition) is 3. The second-order valence-corrected chi connectivity index (χ2v) is 6.35. The summed E-state index contributed by atoms with van der Waals surface area (Å²) in [4.78, 5) is 10.7. The van der Waals surface area contributed by atoms with Crippen molar-refractivity contribution in [1.82, 2.24) is 0 Å². The minimum Gasteiger partial charge on any atom is -0.481 e. The van der Waals surface area contributed by atoms with Crippen LogP contribution in [0, 0.1) is 5.82 Å². The molecule has 22 heavy (non-hydrogen) atoms. The summed E-state index contributed by atoms with van der Waals surface area (Å²) in [5, 5.41) is 8.80. The van der Waals surface area contributed by atoms with E-state index in [1.54, 1.807) is 18.2 Å². The first-order valence-electron chi connectivity index (χ1n) is 6.47. The summed E-state index contributed by atoms with van der Waals surface area (Å²) < 4.78 is 40.1. The van der Waals surface area contributed by atoms with Gasteiger partial charge in [0.1, 0.15) is 5.82 Å². The minimum atomic E-state index is -4.04. The van der Waals surface area contributed by atoms with Crippen molar-refractivity contribution in [3.05, 3.63) is 60.4 Å². The molecule has 0 aliphatic rings. The number of aliphatic carboxylic acids is 1. The van der Waals surface area contributed by atoms with Crippen LogP contribution in [-0.2, 0) is 14.8 Å². The largest absolute Gasteiger partial charge is 0.481 e. The van der Waals surface area contributed by atoms with Gasteiger partial charge in [-0.15, -0.1) is 0 Å². The van der Waals surface area contributed by atoms with Crippen molar-refractivity contribution in [3.63, 3.8) is 0 Å². The number of benzene rings is 2. The highest BCUT2D eigenvalue weighted by atomic mass is 32.2. The van der Waals surface area contributed by atoms with Gasteiger partial charge in [-0.25, -0.2) is 12.8 Å². The third kappa shape index (κ3) is 3.43. The second kappa shape index (κ2) is 6.57. The molecule has 2 aromatic carbocycles. The van der Waals surface area contributed by atoms with Crippen LogP contribution in [0.25, 0.3) is 0 Å². The lowest BCUT2D eigenvalue weighted by Gasteiger charge is -2.24. The van der Waals surface area contributed by atoms with Gasteiger partial charge in [-0.1, -0.05) is 30.3 Å². The minimum absolute atomic E-state index is 0.0244. The molecule has 0 atom stereocenters. The third-order valence-electron chi connectivity index (χ3n) is 2.98. The maximum absolute atomic E-state index is 14.0. The van der Waals surface area contributed by atoms with Gasteiger partial charge in [-0.2, -0.15) is 0 Å². The first-order valence-corrected chi connectivity index (χ1v) is 7.91. The topological polar surface area (TPSA) is 74.7 Å².